The molecule has 5 heteroatoms. The minimum absolute atomic E-state index is 0.560. The molecular weight excluding hydrogens is 248 g/mol. The number of aromatic nitrogens is 1. The van der Waals surface area contributed by atoms with Crippen molar-refractivity contribution in [3.8, 4) is 11.1 Å². The largest absolute Gasteiger partial charge is 0.284 e. The van der Waals surface area contributed by atoms with Crippen LogP contribution < -0.4 is 4.72 Å². The van der Waals surface area contributed by atoms with Gasteiger partial charge in [0.1, 0.15) is 0 Å². The number of sulfonamides is 1. The second kappa shape index (κ2) is 4.78. The van der Waals surface area contributed by atoms with Gasteiger partial charge in [0.05, 0.1) is 6.26 Å². The summed E-state index contributed by atoms with van der Waals surface area (Å²) in [5.74, 6) is 0. The van der Waals surface area contributed by atoms with Crippen LogP contribution in [0.15, 0.2) is 42.6 Å². The van der Waals surface area contributed by atoms with Gasteiger partial charge in [-0.2, -0.15) is 0 Å². The summed E-state index contributed by atoms with van der Waals surface area (Å²) in [6, 6.07) is 11.1. The quantitative estimate of drug-likeness (QED) is 0.924. The standard InChI is InChI=1S/C13H14N2O2S/c1-10-8-12(6-7-14-10)11-4-3-5-13(9-11)15-18(2,16)17/h3-9,15H,1-2H3. The molecule has 0 radical (unpaired) electrons. The molecule has 0 amide bonds. The maximum absolute atomic E-state index is 11.2. The Labute approximate surface area is 107 Å². The van der Waals surface area contributed by atoms with Gasteiger partial charge in [-0.05, 0) is 42.3 Å². The van der Waals surface area contributed by atoms with Gasteiger partial charge >= 0.3 is 0 Å². The molecule has 18 heavy (non-hydrogen) atoms. The molecule has 2 rings (SSSR count). The molecule has 4 nitrogen and oxygen atoms in total. The highest BCUT2D eigenvalue weighted by Gasteiger charge is 2.04. The minimum atomic E-state index is -3.25. The van der Waals surface area contributed by atoms with Crippen LogP contribution in [-0.2, 0) is 10.0 Å². The van der Waals surface area contributed by atoms with Gasteiger partial charge in [-0.1, -0.05) is 12.1 Å². The predicted molar refractivity (Wildman–Crippen MR) is 72.9 cm³/mol. The predicted octanol–water partition coefficient (Wildman–Crippen LogP) is 2.43. The molecule has 1 heterocycles. The van der Waals surface area contributed by atoms with E-state index in [0.29, 0.717) is 5.69 Å². The first kappa shape index (κ1) is 12.6. The van der Waals surface area contributed by atoms with Crippen LogP contribution in [0.4, 0.5) is 5.69 Å². The SMILES string of the molecule is Cc1cc(-c2cccc(NS(C)(=O)=O)c2)ccn1. The summed E-state index contributed by atoms with van der Waals surface area (Å²) in [5, 5.41) is 0. The molecule has 0 saturated carbocycles. The molecule has 1 aromatic heterocycles. The van der Waals surface area contributed by atoms with Gasteiger partial charge in [-0.3, -0.25) is 9.71 Å². The molecule has 1 N–H and O–H groups in total. The van der Waals surface area contributed by atoms with Gasteiger partial charge in [0.15, 0.2) is 0 Å². The molecule has 0 aliphatic rings. The number of hydrogen-bond donors (Lipinski definition) is 1. The van der Waals surface area contributed by atoms with E-state index in [1.54, 1.807) is 18.3 Å². The topological polar surface area (TPSA) is 59.1 Å². The van der Waals surface area contributed by atoms with Crippen LogP contribution in [0, 0.1) is 6.92 Å². The van der Waals surface area contributed by atoms with E-state index in [1.165, 1.54) is 0 Å². The van der Waals surface area contributed by atoms with Crippen LogP contribution in [0.5, 0.6) is 0 Å². The third-order valence-electron chi connectivity index (χ3n) is 2.40. The van der Waals surface area contributed by atoms with Gasteiger partial charge in [0, 0.05) is 17.6 Å². The van der Waals surface area contributed by atoms with Crippen molar-refractivity contribution in [2.75, 3.05) is 11.0 Å². The Morgan fingerprint density at radius 3 is 2.50 bits per heavy atom. The lowest BCUT2D eigenvalue weighted by Gasteiger charge is -2.07. The lowest BCUT2D eigenvalue weighted by atomic mass is 10.1. The van der Waals surface area contributed by atoms with Crippen LogP contribution in [-0.4, -0.2) is 19.7 Å². The number of aryl methyl sites for hydroxylation is 1. The molecule has 0 saturated heterocycles. The molecular formula is C13H14N2O2S. The summed E-state index contributed by atoms with van der Waals surface area (Å²) in [7, 11) is -3.25. The zero-order chi connectivity index (χ0) is 13.2. The molecule has 0 fully saturated rings. The van der Waals surface area contributed by atoms with Crippen LogP contribution >= 0.6 is 0 Å². The summed E-state index contributed by atoms with van der Waals surface area (Å²) in [6.45, 7) is 1.92. The Bertz CT molecular complexity index is 666. The summed E-state index contributed by atoms with van der Waals surface area (Å²) in [5.41, 5.74) is 3.45. The van der Waals surface area contributed by atoms with E-state index < -0.39 is 10.0 Å². The Morgan fingerprint density at radius 1 is 1.11 bits per heavy atom. The number of rotatable bonds is 3. The van der Waals surface area contributed by atoms with Crippen molar-refractivity contribution < 1.29 is 8.42 Å². The van der Waals surface area contributed by atoms with Crippen molar-refractivity contribution in [1.82, 2.24) is 4.98 Å². The van der Waals surface area contributed by atoms with E-state index in [9.17, 15) is 8.42 Å². The van der Waals surface area contributed by atoms with Gasteiger partial charge in [-0.15, -0.1) is 0 Å². The number of benzene rings is 1. The van der Waals surface area contributed by atoms with Crippen molar-refractivity contribution >= 4 is 15.7 Å². The fourth-order valence-electron chi connectivity index (χ4n) is 1.70. The van der Waals surface area contributed by atoms with Crippen molar-refractivity contribution in [1.29, 1.82) is 0 Å². The first-order valence-electron chi connectivity index (χ1n) is 5.45. The van der Waals surface area contributed by atoms with Crippen molar-refractivity contribution in [3.63, 3.8) is 0 Å². The summed E-state index contributed by atoms with van der Waals surface area (Å²) >= 11 is 0. The fourth-order valence-corrected chi connectivity index (χ4v) is 2.26. The normalized spacial score (nSPS) is 11.2. The van der Waals surface area contributed by atoms with E-state index in [1.807, 2.05) is 31.2 Å². The van der Waals surface area contributed by atoms with E-state index in [-0.39, 0.29) is 0 Å². The average Bonchev–Trinajstić information content (AvgIpc) is 2.27. The third-order valence-corrected chi connectivity index (χ3v) is 3.00. The second-order valence-electron chi connectivity index (χ2n) is 4.14. The maximum atomic E-state index is 11.2. The Balaban J connectivity index is 2.38. The highest BCUT2D eigenvalue weighted by molar-refractivity contribution is 7.92. The second-order valence-corrected chi connectivity index (χ2v) is 5.89. The van der Waals surface area contributed by atoms with Crippen LogP contribution in [0.3, 0.4) is 0 Å². The molecule has 0 spiro atoms. The zero-order valence-electron chi connectivity index (χ0n) is 10.2. The third kappa shape index (κ3) is 3.30. The Morgan fingerprint density at radius 2 is 1.83 bits per heavy atom. The smallest absolute Gasteiger partial charge is 0.229 e. The molecule has 94 valence electrons. The van der Waals surface area contributed by atoms with Crippen LogP contribution in [0.25, 0.3) is 11.1 Å². The van der Waals surface area contributed by atoms with E-state index in [4.69, 9.17) is 0 Å². The average molecular weight is 262 g/mol. The van der Waals surface area contributed by atoms with Gasteiger partial charge in [-0.25, -0.2) is 8.42 Å². The van der Waals surface area contributed by atoms with E-state index >= 15 is 0 Å². The lowest BCUT2D eigenvalue weighted by molar-refractivity contribution is 0.607. The molecule has 2 aromatic rings. The number of anilines is 1. The first-order chi connectivity index (χ1) is 8.44. The maximum Gasteiger partial charge on any atom is 0.229 e. The lowest BCUT2D eigenvalue weighted by Crippen LogP contribution is -2.09. The fraction of sp³-hybridized carbons (Fsp3) is 0.154. The Kier molecular flexibility index (Phi) is 3.34. The summed E-state index contributed by atoms with van der Waals surface area (Å²) in [6.07, 6.45) is 2.87. The van der Waals surface area contributed by atoms with Crippen LogP contribution in [0.2, 0.25) is 0 Å². The number of nitrogens with zero attached hydrogens (tertiary/aromatic N) is 1. The minimum Gasteiger partial charge on any atom is -0.284 e. The monoisotopic (exact) mass is 262 g/mol. The number of nitrogens with one attached hydrogen (secondary N) is 1. The van der Waals surface area contributed by atoms with Crippen molar-refractivity contribution in [3.05, 3.63) is 48.3 Å². The number of hydrogen-bond acceptors (Lipinski definition) is 3. The highest BCUT2D eigenvalue weighted by Crippen LogP contribution is 2.23. The summed E-state index contributed by atoms with van der Waals surface area (Å²) < 4.78 is 24.8. The van der Waals surface area contributed by atoms with E-state index in [2.05, 4.69) is 9.71 Å². The molecule has 0 aliphatic heterocycles. The summed E-state index contributed by atoms with van der Waals surface area (Å²) in [4.78, 5) is 4.14. The molecule has 0 unspecified atom stereocenters. The van der Waals surface area contributed by atoms with Gasteiger partial charge in [0.2, 0.25) is 10.0 Å². The molecule has 1 aromatic carbocycles. The zero-order valence-corrected chi connectivity index (χ0v) is 11.0. The van der Waals surface area contributed by atoms with Crippen LogP contribution in [0.1, 0.15) is 5.69 Å². The first-order valence-corrected chi connectivity index (χ1v) is 7.34. The molecule has 0 atom stereocenters. The van der Waals surface area contributed by atoms with Crippen molar-refractivity contribution in [2.24, 2.45) is 0 Å². The molecule has 0 bridgehead atoms. The Hall–Kier alpha value is -1.88. The van der Waals surface area contributed by atoms with E-state index in [0.717, 1.165) is 23.1 Å². The van der Waals surface area contributed by atoms with Gasteiger partial charge in [0.25, 0.3) is 0 Å². The van der Waals surface area contributed by atoms with Gasteiger partial charge < -0.3 is 0 Å². The van der Waals surface area contributed by atoms with Crippen molar-refractivity contribution in [2.45, 2.75) is 6.92 Å². The molecule has 0 aliphatic carbocycles. The highest BCUT2D eigenvalue weighted by atomic mass is 32.2. The number of pyridine rings is 1.